The summed E-state index contributed by atoms with van der Waals surface area (Å²) in [6, 6.07) is 6.25. The molecule has 0 amide bonds. The molecule has 7 nitrogen and oxygen atoms in total. The quantitative estimate of drug-likeness (QED) is 0.427. The van der Waals surface area contributed by atoms with Gasteiger partial charge in [-0.25, -0.2) is 4.39 Å². The average Bonchev–Trinajstić information content (AvgIpc) is 2.60. The van der Waals surface area contributed by atoms with Crippen molar-refractivity contribution in [3.63, 3.8) is 0 Å². The molecule has 3 aliphatic carbocycles. The number of nitriles is 1. The van der Waals surface area contributed by atoms with E-state index in [0.717, 1.165) is 25.8 Å². The molecule has 5 rings (SSSR count). The molecule has 2 bridgehead atoms. The van der Waals surface area contributed by atoms with Crippen molar-refractivity contribution in [1.82, 2.24) is 21.3 Å². The number of aliphatic hydroxyl groups is 1. The van der Waals surface area contributed by atoms with Crippen LogP contribution in [0.25, 0.3) is 0 Å². The largest absolute Gasteiger partial charge is 0.489 e. The Morgan fingerprint density at radius 1 is 1.37 bits per heavy atom. The molecule has 3 unspecified atom stereocenters. The van der Waals surface area contributed by atoms with Gasteiger partial charge in [-0.05, 0) is 31.4 Å². The number of benzene rings is 1. The summed E-state index contributed by atoms with van der Waals surface area (Å²) in [5, 5.41) is 32.6. The summed E-state index contributed by atoms with van der Waals surface area (Å²) in [4.78, 5) is 0. The summed E-state index contributed by atoms with van der Waals surface area (Å²) < 4.78 is 18.8. The second kappa shape index (κ2) is 7.17. The Hall–Kier alpha value is -1.47. The fourth-order valence-corrected chi connectivity index (χ4v) is 4.63. The van der Waals surface area contributed by atoms with Crippen LogP contribution >= 0.6 is 11.6 Å². The van der Waals surface area contributed by atoms with E-state index in [1.54, 1.807) is 6.07 Å². The van der Waals surface area contributed by atoms with Gasteiger partial charge >= 0.3 is 0 Å². The minimum atomic E-state index is -0.834. The van der Waals surface area contributed by atoms with E-state index in [-0.39, 0.29) is 34.9 Å². The first-order valence-corrected chi connectivity index (χ1v) is 9.47. The Balaban J connectivity index is 1.20. The highest BCUT2D eigenvalue weighted by molar-refractivity contribution is 6.30. The van der Waals surface area contributed by atoms with Crippen molar-refractivity contribution in [2.75, 3.05) is 19.7 Å². The molecule has 3 atom stereocenters. The molecule has 1 aromatic rings. The Morgan fingerprint density at radius 3 is 2.85 bits per heavy atom. The lowest BCUT2D eigenvalue weighted by Gasteiger charge is -2.72. The monoisotopic (exact) mass is 395 g/mol. The zero-order valence-electron chi connectivity index (χ0n) is 14.8. The molecule has 146 valence electrons. The second-order valence-corrected chi connectivity index (χ2v) is 8.25. The fourth-order valence-electron chi connectivity index (χ4n) is 4.51. The summed E-state index contributed by atoms with van der Waals surface area (Å²) in [6.07, 6.45) is 2.00. The maximum atomic E-state index is 13.4. The summed E-state index contributed by atoms with van der Waals surface area (Å²) in [5.41, 5.74) is 0.00131. The Kier molecular flexibility index (Phi) is 5.01. The van der Waals surface area contributed by atoms with Crippen LogP contribution in [0.5, 0.6) is 5.75 Å². The molecule has 9 heteroatoms. The van der Waals surface area contributed by atoms with Gasteiger partial charge in [0.2, 0.25) is 0 Å². The number of hydrogen-bond donors (Lipinski definition) is 5. The zero-order valence-corrected chi connectivity index (χ0v) is 15.5. The molecule has 27 heavy (non-hydrogen) atoms. The third kappa shape index (κ3) is 3.90. The lowest BCUT2D eigenvalue weighted by atomic mass is 9.44. The molecule has 1 aromatic carbocycles. The van der Waals surface area contributed by atoms with Crippen LogP contribution in [0.4, 0.5) is 4.39 Å². The minimum absolute atomic E-state index is 0.0290. The molecule has 1 aliphatic heterocycles. The predicted octanol–water partition coefficient (Wildman–Crippen LogP) is 0.442. The number of aliphatic hydroxyl groups excluding tert-OH is 1. The van der Waals surface area contributed by atoms with Gasteiger partial charge in [-0.2, -0.15) is 5.26 Å². The van der Waals surface area contributed by atoms with Crippen LogP contribution < -0.4 is 26.0 Å². The lowest BCUT2D eigenvalue weighted by Crippen LogP contribution is -2.86. The van der Waals surface area contributed by atoms with Gasteiger partial charge in [0, 0.05) is 30.2 Å². The van der Waals surface area contributed by atoms with Gasteiger partial charge in [-0.15, -0.1) is 0 Å². The predicted molar refractivity (Wildman–Crippen MR) is 97.7 cm³/mol. The van der Waals surface area contributed by atoms with Gasteiger partial charge in [-0.3, -0.25) is 16.0 Å². The van der Waals surface area contributed by atoms with Crippen molar-refractivity contribution >= 4 is 11.6 Å². The summed E-state index contributed by atoms with van der Waals surface area (Å²) in [6.45, 7) is 1.48. The Bertz CT molecular complexity index is 738. The average molecular weight is 396 g/mol. The van der Waals surface area contributed by atoms with Gasteiger partial charge in [0.05, 0.1) is 17.3 Å². The molecule has 0 aromatic heterocycles. The number of piperazine rings is 1. The molecular weight excluding hydrogens is 373 g/mol. The molecule has 1 saturated heterocycles. The van der Waals surface area contributed by atoms with Crippen molar-refractivity contribution < 1.29 is 14.2 Å². The SMILES string of the molecule is N#CC1CNCC(NC23CC(NC(O)COc4ccc(Cl)c(F)c4)(C2)C3)N1. The number of rotatable bonds is 7. The number of ether oxygens (including phenoxy) is 1. The van der Waals surface area contributed by atoms with Gasteiger partial charge < -0.3 is 15.2 Å². The van der Waals surface area contributed by atoms with Crippen LogP contribution in [-0.2, 0) is 0 Å². The number of nitrogens with zero attached hydrogens (tertiary/aromatic N) is 1. The normalized spacial score (nSPS) is 35.5. The van der Waals surface area contributed by atoms with Crippen molar-refractivity contribution in [1.29, 1.82) is 5.26 Å². The Labute approximate surface area is 162 Å². The van der Waals surface area contributed by atoms with Crippen molar-refractivity contribution in [3.8, 4) is 11.8 Å². The first kappa shape index (κ1) is 18.9. The van der Waals surface area contributed by atoms with Gasteiger partial charge in [-0.1, -0.05) is 11.6 Å². The maximum absolute atomic E-state index is 13.4. The van der Waals surface area contributed by atoms with E-state index in [9.17, 15) is 9.50 Å². The van der Waals surface area contributed by atoms with Crippen LogP contribution in [0.2, 0.25) is 5.02 Å². The van der Waals surface area contributed by atoms with E-state index in [0.29, 0.717) is 12.3 Å². The number of halogens is 2. The maximum Gasteiger partial charge on any atom is 0.145 e. The lowest BCUT2D eigenvalue weighted by molar-refractivity contribution is -0.139. The van der Waals surface area contributed by atoms with Crippen LogP contribution in [0, 0.1) is 17.1 Å². The van der Waals surface area contributed by atoms with Crippen LogP contribution in [-0.4, -0.2) is 54.3 Å². The molecule has 1 heterocycles. The van der Waals surface area contributed by atoms with Crippen molar-refractivity contribution in [3.05, 3.63) is 29.0 Å². The van der Waals surface area contributed by atoms with E-state index < -0.39 is 12.0 Å². The van der Waals surface area contributed by atoms with Crippen LogP contribution in [0.3, 0.4) is 0 Å². The number of hydrogen-bond acceptors (Lipinski definition) is 7. The zero-order chi connectivity index (χ0) is 19.1. The smallest absolute Gasteiger partial charge is 0.145 e. The van der Waals surface area contributed by atoms with Gasteiger partial charge in [0.15, 0.2) is 0 Å². The number of nitrogens with one attached hydrogen (secondary N) is 4. The van der Waals surface area contributed by atoms with E-state index in [2.05, 4.69) is 27.3 Å². The molecular formula is C18H23ClFN5O2. The third-order valence-corrected chi connectivity index (χ3v) is 5.84. The molecule has 3 saturated carbocycles. The van der Waals surface area contributed by atoms with E-state index in [4.69, 9.17) is 21.6 Å². The van der Waals surface area contributed by atoms with Crippen molar-refractivity contribution in [2.24, 2.45) is 0 Å². The topological polar surface area (TPSA) is 101 Å². The highest BCUT2D eigenvalue weighted by atomic mass is 35.5. The van der Waals surface area contributed by atoms with E-state index >= 15 is 0 Å². The van der Waals surface area contributed by atoms with Crippen molar-refractivity contribution in [2.45, 2.75) is 48.8 Å². The van der Waals surface area contributed by atoms with Crippen LogP contribution in [0.1, 0.15) is 19.3 Å². The van der Waals surface area contributed by atoms with E-state index in [1.165, 1.54) is 12.1 Å². The first-order valence-electron chi connectivity index (χ1n) is 9.09. The molecule has 0 radical (unpaired) electrons. The fraction of sp³-hybridized carbons (Fsp3) is 0.611. The Morgan fingerprint density at radius 2 is 2.15 bits per heavy atom. The van der Waals surface area contributed by atoms with E-state index in [1.807, 2.05) is 0 Å². The summed E-state index contributed by atoms with van der Waals surface area (Å²) in [7, 11) is 0. The molecule has 0 spiro atoms. The standard InChI is InChI=1S/C18H23ClFN5O2/c19-13-2-1-12(3-14(13)20)27-7-16(26)25-18-8-17(9-18,10-18)24-15-6-22-5-11(4-21)23-15/h1-3,11,15-16,22-26H,5-10H2. The van der Waals surface area contributed by atoms with Gasteiger partial charge in [0.25, 0.3) is 0 Å². The third-order valence-electron chi connectivity index (χ3n) is 5.54. The minimum Gasteiger partial charge on any atom is -0.489 e. The molecule has 5 N–H and O–H groups in total. The first-order chi connectivity index (χ1) is 12.9. The summed E-state index contributed by atoms with van der Waals surface area (Å²) >= 11 is 5.64. The second-order valence-electron chi connectivity index (χ2n) is 7.84. The van der Waals surface area contributed by atoms with Gasteiger partial charge in [0.1, 0.15) is 30.4 Å². The highest BCUT2D eigenvalue weighted by Crippen LogP contribution is 2.60. The highest BCUT2D eigenvalue weighted by Gasteiger charge is 2.68. The molecule has 4 aliphatic rings. The summed E-state index contributed by atoms with van der Waals surface area (Å²) in [5.74, 6) is -0.218. The molecule has 4 fully saturated rings. The van der Waals surface area contributed by atoms with Crippen LogP contribution in [0.15, 0.2) is 18.2 Å².